The lowest BCUT2D eigenvalue weighted by atomic mass is 10.0. The molecule has 0 saturated carbocycles. The minimum absolute atomic E-state index is 0.137. The van der Waals surface area contributed by atoms with Gasteiger partial charge in [-0.05, 0) is 51.0 Å². The summed E-state index contributed by atoms with van der Waals surface area (Å²) in [5.74, 6) is 0.976. The van der Waals surface area contributed by atoms with Gasteiger partial charge in [-0.1, -0.05) is 0 Å². The molecular weight excluding hydrogens is 252 g/mol. The number of piperazine rings is 1. The Morgan fingerprint density at radius 3 is 2.25 bits per heavy atom. The van der Waals surface area contributed by atoms with Crippen LogP contribution < -0.4 is 10.1 Å². The SMILES string of the molecule is Cc1cc(OC(C)C)cc(C)c1C(=O)N1CCNCC1. The molecular formula is C16H24N2O2. The second-order valence-electron chi connectivity index (χ2n) is 5.64. The molecule has 0 bridgehead atoms. The summed E-state index contributed by atoms with van der Waals surface area (Å²) in [5.41, 5.74) is 2.80. The first-order chi connectivity index (χ1) is 9.49. The third-order valence-electron chi connectivity index (χ3n) is 3.50. The molecule has 0 unspecified atom stereocenters. The van der Waals surface area contributed by atoms with Crippen LogP contribution in [0.4, 0.5) is 0 Å². The van der Waals surface area contributed by atoms with Crippen molar-refractivity contribution in [1.29, 1.82) is 0 Å². The molecule has 0 aliphatic carbocycles. The van der Waals surface area contributed by atoms with E-state index in [0.29, 0.717) is 0 Å². The van der Waals surface area contributed by atoms with E-state index in [1.54, 1.807) is 0 Å². The molecule has 1 N–H and O–H groups in total. The molecule has 1 heterocycles. The molecule has 1 aliphatic rings. The molecule has 1 aromatic carbocycles. The monoisotopic (exact) mass is 276 g/mol. The van der Waals surface area contributed by atoms with E-state index in [1.165, 1.54) is 0 Å². The highest BCUT2D eigenvalue weighted by atomic mass is 16.5. The van der Waals surface area contributed by atoms with Crippen LogP contribution in [-0.2, 0) is 0 Å². The molecule has 0 spiro atoms. The summed E-state index contributed by atoms with van der Waals surface area (Å²) in [6, 6.07) is 3.92. The van der Waals surface area contributed by atoms with Crippen LogP contribution in [0.15, 0.2) is 12.1 Å². The summed E-state index contributed by atoms with van der Waals surface area (Å²) in [6.45, 7) is 11.3. The van der Waals surface area contributed by atoms with Crippen LogP contribution in [0.25, 0.3) is 0 Å². The minimum Gasteiger partial charge on any atom is -0.491 e. The Labute approximate surface area is 121 Å². The van der Waals surface area contributed by atoms with Gasteiger partial charge in [-0.25, -0.2) is 0 Å². The van der Waals surface area contributed by atoms with Gasteiger partial charge in [0, 0.05) is 31.7 Å². The summed E-state index contributed by atoms with van der Waals surface area (Å²) >= 11 is 0. The number of rotatable bonds is 3. The number of carbonyl (C=O) groups is 1. The first-order valence-electron chi connectivity index (χ1n) is 7.27. The Kier molecular flexibility index (Phi) is 4.65. The van der Waals surface area contributed by atoms with Crippen LogP contribution in [-0.4, -0.2) is 43.1 Å². The third kappa shape index (κ3) is 3.31. The highest BCUT2D eigenvalue weighted by Gasteiger charge is 2.21. The summed E-state index contributed by atoms with van der Waals surface area (Å²) in [7, 11) is 0. The highest BCUT2D eigenvalue weighted by molar-refractivity contribution is 5.97. The van der Waals surface area contributed by atoms with E-state index in [4.69, 9.17) is 4.74 Å². The number of nitrogens with one attached hydrogen (secondary N) is 1. The van der Waals surface area contributed by atoms with Gasteiger partial charge in [-0.15, -0.1) is 0 Å². The Bertz CT molecular complexity index is 468. The molecule has 2 rings (SSSR count). The molecule has 1 saturated heterocycles. The first-order valence-corrected chi connectivity index (χ1v) is 7.27. The molecule has 1 aromatic rings. The highest BCUT2D eigenvalue weighted by Crippen LogP contribution is 2.24. The van der Waals surface area contributed by atoms with Crippen LogP contribution in [0.5, 0.6) is 5.75 Å². The topological polar surface area (TPSA) is 41.6 Å². The predicted octanol–water partition coefficient (Wildman–Crippen LogP) is 2.14. The van der Waals surface area contributed by atoms with Gasteiger partial charge < -0.3 is 15.0 Å². The van der Waals surface area contributed by atoms with Crippen LogP contribution >= 0.6 is 0 Å². The predicted molar refractivity (Wildman–Crippen MR) is 80.5 cm³/mol. The second kappa shape index (κ2) is 6.27. The minimum atomic E-state index is 0.137. The van der Waals surface area contributed by atoms with Crippen molar-refractivity contribution in [2.75, 3.05) is 26.2 Å². The Hall–Kier alpha value is -1.55. The van der Waals surface area contributed by atoms with E-state index in [9.17, 15) is 4.79 Å². The molecule has 0 atom stereocenters. The standard InChI is InChI=1S/C16H24N2O2/c1-11(2)20-14-9-12(3)15(13(4)10-14)16(19)18-7-5-17-6-8-18/h9-11,17H,5-8H2,1-4H3. The van der Waals surface area contributed by atoms with Crippen molar-refractivity contribution in [3.63, 3.8) is 0 Å². The van der Waals surface area contributed by atoms with Crippen LogP contribution in [0.1, 0.15) is 35.3 Å². The molecule has 4 heteroatoms. The fourth-order valence-electron chi connectivity index (χ4n) is 2.63. The number of nitrogens with zero attached hydrogens (tertiary/aromatic N) is 1. The maximum atomic E-state index is 12.6. The molecule has 1 amide bonds. The average Bonchev–Trinajstić information content (AvgIpc) is 2.38. The normalized spacial score (nSPS) is 15.6. The van der Waals surface area contributed by atoms with Crippen molar-refractivity contribution in [3.05, 3.63) is 28.8 Å². The van der Waals surface area contributed by atoms with Gasteiger partial charge in [0.2, 0.25) is 0 Å². The molecule has 0 radical (unpaired) electrons. The number of carbonyl (C=O) groups excluding carboxylic acids is 1. The zero-order chi connectivity index (χ0) is 14.7. The zero-order valence-corrected chi connectivity index (χ0v) is 12.8. The lowest BCUT2D eigenvalue weighted by molar-refractivity contribution is 0.0734. The van der Waals surface area contributed by atoms with E-state index in [0.717, 1.165) is 48.6 Å². The summed E-state index contributed by atoms with van der Waals surface area (Å²) in [5, 5.41) is 3.27. The fraction of sp³-hybridized carbons (Fsp3) is 0.562. The average molecular weight is 276 g/mol. The van der Waals surface area contributed by atoms with Gasteiger partial charge >= 0.3 is 0 Å². The van der Waals surface area contributed by atoms with Crippen molar-refractivity contribution < 1.29 is 9.53 Å². The van der Waals surface area contributed by atoms with E-state index >= 15 is 0 Å². The summed E-state index contributed by atoms with van der Waals surface area (Å²) in [4.78, 5) is 14.6. The number of ether oxygens (including phenoxy) is 1. The largest absolute Gasteiger partial charge is 0.491 e. The van der Waals surface area contributed by atoms with Gasteiger partial charge in [0.25, 0.3) is 5.91 Å². The van der Waals surface area contributed by atoms with Gasteiger partial charge in [-0.3, -0.25) is 4.79 Å². The van der Waals surface area contributed by atoms with Crippen molar-refractivity contribution in [1.82, 2.24) is 10.2 Å². The molecule has 110 valence electrons. The van der Waals surface area contributed by atoms with E-state index < -0.39 is 0 Å². The quantitative estimate of drug-likeness (QED) is 0.919. The van der Waals surface area contributed by atoms with E-state index in [1.807, 2.05) is 44.7 Å². The van der Waals surface area contributed by atoms with E-state index in [2.05, 4.69) is 5.32 Å². The second-order valence-corrected chi connectivity index (χ2v) is 5.64. The first kappa shape index (κ1) is 14.9. The smallest absolute Gasteiger partial charge is 0.254 e. The maximum Gasteiger partial charge on any atom is 0.254 e. The Balaban J connectivity index is 2.25. The summed E-state index contributed by atoms with van der Waals surface area (Å²) in [6.07, 6.45) is 0.142. The number of amides is 1. The van der Waals surface area contributed by atoms with Gasteiger partial charge in [0.05, 0.1) is 6.10 Å². The fourth-order valence-corrected chi connectivity index (χ4v) is 2.63. The molecule has 1 aliphatic heterocycles. The number of aryl methyl sites for hydroxylation is 2. The van der Waals surface area contributed by atoms with Crippen molar-refractivity contribution in [2.24, 2.45) is 0 Å². The summed E-state index contributed by atoms with van der Waals surface area (Å²) < 4.78 is 5.72. The maximum absolute atomic E-state index is 12.6. The van der Waals surface area contributed by atoms with Crippen molar-refractivity contribution in [3.8, 4) is 5.75 Å². The molecule has 4 nitrogen and oxygen atoms in total. The zero-order valence-electron chi connectivity index (χ0n) is 12.8. The molecule has 1 fully saturated rings. The van der Waals surface area contributed by atoms with E-state index in [-0.39, 0.29) is 12.0 Å². The Morgan fingerprint density at radius 1 is 1.20 bits per heavy atom. The number of hydrogen-bond donors (Lipinski definition) is 1. The van der Waals surface area contributed by atoms with Crippen LogP contribution in [0.2, 0.25) is 0 Å². The molecule has 20 heavy (non-hydrogen) atoms. The van der Waals surface area contributed by atoms with Crippen LogP contribution in [0, 0.1) is 13.8 Å². The number of benzene rings is 1. The van der Waals surface area contributed by atoms with Crippen LogP contribution in [0.3, 0.4) is 0 Å². The van der Waals surface area contributed by atoms with Crippen molar-refractivity contribution >= 4 is 5.91 Å². The van der Waals surface area contributed by atoms with Gasteiger partial charge in [0.15, 0.2) is 0 Å². The third-order valence-corrected chi connectivity index (χ3v) is 3.50. The molecule has 0 aromatic heterocycles. The van der Waals surface area contributed by atoms with Gasteiger partial charge in [0.1, 0.15) is 5.75 Å². The lowest BCUT2D eigenvalue weighted by Crippen LogP contribution is -2.46. The lowest BCUT2D eigenvalue weighted by Gasteiger charge is -2.28. The van der Waals surface area contributed by atoms with Crippen molar-refractivity contribution in [2.45, 2.75) is 33.8 Å². The van der Waals surface area contributed by atoms with Gasteiger partial charge in [-0.2, -0.15) is 0 Å². The Morgan fingerprint density at radius 2 is 1.75 bits per heavy atom. The number of hydrogen-bond acceptors (Lipinski definition) is 3.